The van der Waals surface area contributed by atoms with E-state index in [0.29, 0.717) is 19.1 Å². The van der Waals surface area contributed by atoms with Gasteiger partial charge in [-0.05, 0) is 6.92 Å². The van der Waals surface area contributed by atoms with Gasteiger partial charge in [0.1, 0.15) is 6.33 Å². The Balaban J connectivity index is 1.88. The fourth-order valence-corrected chi connectivity index (χ4v) is 1.98. The number of anilines is 2. The summed E-state index contributed by atoms with van der Waals surface area (Å²) in [4.78, 5) is 14.5. The Morgan fingerprint density at radius 2 is 2.25 bits per heavy atom. The lowest BCUT2D eigenvalue weighted by atomic mass is 10.4. The Morgan fingerprint density at radius 1 is 1.35 bits per heavy atom. The zero-order chi connectivity index (χ0) is 13.9. The van der Waals surface area contributed by atoms with Crippen LogP contribution < -0.4 is 20.9 Å². The van der Waals surface area contributed by atoms with Crippen molar-refractivity contribution < 1.29 is 4.74 Å². The molecule has 0 saturated carbocycles. The largest absolute Gasteiger partial charge is 0.464 e. The maximum atomic E-state index is 5.37. The minimum Gasteiger partial charge on any atom is -0.464 e. The molecule has 0 aliphatic carbocycles. The molecule has 0 atom stereocenters. The number of rotatable bonds is 4. The highest BCUT2D eigenvalue weighted by molar-refractivity contribution is 5.38. The van der Waals surface area contributed by atoms with Crippen molar-refractivity contribution in [3.05, 3.63) is 12.2 Å². The maximum Gasteiger partial charge on any atom is 0.323 e. The average molecular weight is 277 g/mol. The summed E-state index contributed by atoms with van der Waals surface area (Å²) in [6.45, 7) is 4.46. The van der Waals surface area contributed by atoms with E-state index in [1.807, 2.05) is 16.4 Å². The molecular formula is C10H15N9O. The highest BCUT2D eigenvalue weighted by atomic mass is 16.5. The zero-order valence-corrected chi connectivity index (χ0v) is 11.0. The van der Waals surface area contributed by atoms with Gasteiger partial charge in [0.05, 0.1) is 13.2 Å². The van der Waals surface area contributed by atoms with Crippen LogP contribution in [0.5, 0.6) is 6.01 Å². The average Bonchev–Trinajstić information content (AvgIpc) is 2.94. The van der Waals surface area contributed by atoms with Gasteiger partial charge in [-0.3, -0.25) is 5.43 Å². The molecule has 10 nitrogen and oxygen atoms in total. The van der Waals surface area contributed by atoms with Gasteiger partial charge in [0.25, 0.3) is 0 Å². The first-order valence-electron chi connectivity index (χ1n) is 6.27. The number of aromatic nitrogens is 6. The van der Waals surface area contributed by atoms with E-state index >= 15 is 0 Å². The molecule has 2 aromatic heterocycles. The van der Waals surface area contributed by atoms with Gasteiger partial charge in [-0.25, -0.2) is 5.84 Å². The van der Waals surface area contributed by atoms with E-state index in [4.69, 9.17) is 10.6 Å². The van der Waals surface area contributed by atoms with Crippen LogP contribution in [0.2, 0.25) is 0 Å². The molecule has 3 rings (SSSR count). The lowest BCUT2D eigenvalue weighted by molar-refractivity contribution is 0.311. The molecule has 0 bridgehead atoms. The van der Waals surface area contributed by atoms with E-state index in [0.717, 1.165) is 18.9 Å². The second kappa shape index (κ2) is 5.25. The summed E-state index contributed by atoms with van der Waals surface area (Å²) in [5.41, 5.74) is 2.42. The first-order chi connectivity index (χ1) is 9.80. The van der Waals surface area contributed by atoms with E-state index in [1.54, 1.807) is 6.33 Å². The molecule has 10 heteroatoms. The fraction of sp³-hybridized carbons (Fsp3) is 0.500. The highest BCUT2D eigenvalue weighted by Crippen LogP contribution is 2.19. The molecule has 3 heterocycles. The van der Waals surface area contributed by atoms with Crippen molar-refractivity contribution in [1.29, 1.82) is 0 Å². The van der Waals surface area contributed by atoms with Crippen molar-refractivity contribution >= 4 is 11.9 Å². The summed E-state index contributed by atoms with van der Waals surface area (Å²) in [7, 11) is 0. The lowest BCUT2D eigenvalue weighted by Gasteiger charge is -2.27. The molecule has 0 saturated heterocycles. The summed E-state index contributed by atoms with van der Waals surface area (Å²) in [6.07, 6.45) is 1.72. The van der Waals surface area contributed by atoms with Crippen molar-refractivity contribution in [3.8, 4) is 6.01 Å². The third kappa shape index (κ3) is 2.32. The fourth-order valence-electron chi connectivity index (χ4n) is 1.98. The van der Waals surface area contributed by atoms with Gasteiger partial charge in [0.2, 0.25) is 11.9 Å². The van der Waals surface area contributed by atoms with Crippen LogP contribution in [0.15, 0.2) is 6.33 Å². The van der Waals surface area contributed by atoms with Gasteiger partial charge in [-0.1, -0.05) is 0 Å². The smallest absolute Gasteiger partial charge is 0.323 e. The number of nitrogens with one attached hydrogen (secondary N) is 1. The monoisotopic (exact) mass is 277 g/mol. The van der Waals surface area contributed by atoms with Crippen molar-refractivity contribution in [1.82, 2.24) is 29.7 Å². The number of hydrogen-bond acceptors (Lipinski definition) is 9. The number of hydrazine groups is 1. The van der Waals surface area contributed by atoms with E-state index in [1.165, 1.54) is 0 Å². The Morgan fingerprint density at radius 3 is 3.05 bits per heavy atom. The van der Waals surface area contributed by atoms with Gasteiger partial charge in [0, 0.05) is 13.1 Å². The number of nitrogens with zero attached hydrogens (tertiary/aromatic N) is 7. The first-order valence-corrected chi connectivity index (χ1v) is 6.27. The number of nitrogens with two attached hydrogens (primary N) is 1. The van der Waals surface area contributed by atoms with E-state index in [2.05, 4.69) is 30.6 Å². The van der Waals surface area contributed by atoms with Crippen LogP contribution in [0.1, 0.15) is 12.7 Å². The topological polar surface area (TPSA) is 120 Å². The molecule has 0 spiro atoms. The molecule has 106 valence electrons. The Hall–Kier alpha value is -2.49. The second-order valence-corrected chi connectivity index (χ2v) is 4.18. The summed E-state index contributed by atoms with van der Waals surface area (Å²) in [5, 5.41) is 7.95. The standard InChI is InChI=1S/C10H15N9O/c1-2-20-10-14-8(16-11)13-9(15-10)18-3-4-19-6-12-17-7(19)5-18/h6H,2-5,11H2,1H3,(H,13,14,15,16). The maximum absolute atomic E-state index is 5.37. The lowest BCUT2D eigenvalue weighted by Crippen LogP contribution is -2.35. The molecule has 0 aromatic carbocycles. The quantitative estimate of drug-likeness (QED) is 0.544. The first kappa shape index (κ1) is 12.5. The summed E-state index contributed by atoms with van der Waals surface area (Å²) in [5.74, 6) is 7.02. The van der Waals surface area contributed by atoms with Gasteiger partial charge < -0.3 is 14.2 Å². The molecule has 1 aliphatic rings. The zero-order valence-electron chi connectivity index (χ0n) is 11.0. The van der Waals surface area contributed by atoms with E-state index in [9.17, 15) is 0 Å². The van der Waals surface area contributed by atoms with Crippen molar-refractivity contribution in [2.75, 3.05) is 23.5 Å². The van der Waals surface area contributed by atoms with Crippen LogP contribution in [0.4, 0.5) is 11.9 Å². The SMILES string of the molecule is CCOc1nc(NN)nc(N2CCn3cnnc3C2)n1. The predicted octanol–water partition coefficient (Wildman–Crippen LogP) is -0.832. The summed E-state index contributed by atoms with van der Waals surface area (Å²) < 4.78 is 7.32. The van der Waals surface area contributed by atoms with Crippen LogP contribution in [-0.4, -0.2) is 42.9 Å². The van der Waals surface area contributed by atoms with Crippen molar-refractivity contribution in [3.63, 3.8) is 0 Å². The molecule has 0 fully saturated rings. The van der Waals surface area contributed by atoms with Crippen LogP contribution in [-0.2, 0) is 13.1 Å². The van der Waals surface area contributed by atoms with Crippen LogP contribution >= 0.6 is 0 Å². The normalized spacial score (nSPS) is 14.0. The second-order valence-electron chi connectivity index (χ2n) is 4.18. The number of fused-ring (bicyclic) bond motifs is 1. The third-order valence-electron chi connectivity index (χ3n) is 2.93. The van der Waals surface area contributed by atoms with Gasteiger partial charge in [0.15, 0.2) is 5.82 Å². The Labute approximate surface area is 115 Å². The Bertz CT molecular complexity index is 598. The molecule has 1 aliphatic heterocycles. The van der Waals surface area contributed by atoms with Gasteiger partial charge in [-0.2, -0.15) is 15.0 Å². The van der Waals surface area contributed by atoms with Crippen LogP contribution in [0, 0.1) is 0 Å². The van der Waals surface area contributed by atoms with Gasteiger partial charge in [-0.15, -0.1) is 10.2 Å². The number of hydrogen-bond donors (Lipinski definition) is 2. The van der Waals surface area contributed by atoms with E-state index < -0.39 is 0 Å². The summed E-state index contributed by atoms with van der Waals surface area (Å²) >= 11 is 0. The third-order valence-corrected chi connectivity index (χ3v) is 2.93. The molecule has 2 aromatic rings. The van der Waals surface area contributed by atoms with Crippen LogP contribution in [0.25, 0.3) is 0 Å². The van der Waals surface area contributed by atoms with E-state index in [-0.39, 0.29) is 12.0 Å². The molecule has 0 amide bonds. The molecule has 20 heavy (non-hydrogen) atoms. The van der Waals surface area contributed by atoms with Gasteiger partial charge >= 0.3 is 6.01 Å². The Kier molecular flexibility index (Phi) is 3.29. The minimum absolute atomic E-state index is 0.248. The summed E-state index contributed by atoms with van der Waals surface area (Å²) in [6, 6.07) is 0.248. The number of nitrogen functional groups attached to an aromatic ring is 1. The van der Waals surface area contributed by atoms with Crippen molar-refractivity contribution in [2.24, 2.45) is 5.84 Å². The minimum atomic E-state index is 0.248. The predicted molar refractivity (Wildman–Crippen MR) is 69.9 cm³/mol. The highest BCUT2D eigenvalue weighted by Gasteiger charge is 2.21. The molecular weight excluding hydrogens is 262 g/mol. The molecule has 0 unspecified atom stereocenters. The molecule has 3 N–H and O–H groups in total. The van der Waals surface area contributed by atoms with Crippen LogP contribution in [0.3, 0.4) is 0 Å². The van der Waals surface area contributed by atoms with Crippen molar-refractivity contribution in [2.45, 2.75) is 20.0 Å². The molecule has 0 radical (unpaired) electrons. The number of ether oxygens (including phenoxy) is 1.